The summed E-state index contributed by atoms with van der Waals surface area (Å²) in [6.07, 6.45) is 5.67. The Bertz CT molecular complexity index is 1260. The van der Waals surface area contributed by atoms with E-state index < -0.39 is 0 Å². The number of hydrogen-bond acceptors (Lipinski definition) is 5. The molecule has 1 atom stereocenters. The van der Waals surface area contributed by atoms with Crippen molar-refractivity contribution in [3.63, 3.8) is 0 Å². The number of nitrogens with one attached hydrogen (secondary N) is 1. The van der Waals surface area contributed by atoms with Crippen molar-refractivity contribution in [1.29, 1.82) is 5.26 Å². The van der Waals surface area contributed by atoms with Crippen LogP contribution < -0.4 is 4.98 Å². The molecule has 0 spiro atoms. The molecule has 0 bridgehead atoms. The number of carbonyl (C=O) groups excluding carboxylic acids is 2. The molecule has 7 nitrogen and oxygen atoms in total. The summed E-state index contributed by atoms with van der Waals surface area (Å²) in [6, 6.07) is 11.6. The number of piperidine rings is 1. The summed E-state index contributed by atoms with van der Waals surface area (Å²) in [5, 5.41) is 9.22. The van der Waals surface area contributed by atoms with E-state index in [1.54, 1.807) is 19.1 Å². The van der Waals surface area contributed by atoms with Gasteiger partial charge < -0.3 is 9.30 Å². The Morgan fingerprint density at radius 1 is 1.17 bits per heavy atom. The second kappa shape index (κ2) is 10.8. The maximum Gasteiger partial charge on any atom is 0.306 e. The summed E-state index contributed by atoms with van der Waals surface area (Å²) in [5.74, 6) is -0.173. The molecule has 1 aliphatic rings. The van der Waals surface area contributed by atoms with Gasteiger partial charge in [-0.2, -0.15) is 5.26 Å². The Morgan fingerprint density at radius 2 is 1.89 bits per heavy atom. The molecule has 2 aromatic heterocycles. The number of pyridine rings is 1. The summed E-state index contributed by atoms with van der Waals surface area (Å²) < 4.78 is 7.20. The monoisotopic (exact) mass is 473 g/mol. The van der Waals surface area contributed by atoms with Gasteiger partial charge in [0.15, 0.2) is 12.0 Å². The highest BCUT2D eigenvalue weighted by Crippen LogP contribution is 2.30. The van der Waals surface area contributed by atoms with Crippen molar-refractivity contribution in [3.8, 4) is 11.8 Å². The van der Waals surface area contributed by atoms with Crippen LogP contribution in [0.25, 0.3) is 16.7 Å². The number of H-pyrrole nitrogens is 1. The lowest BCUT2D eigenvalue weighted by molar-refractivity contribution is -0.345. The van der Waals surface area contributed by atoms with Crippen molar-refractivity contribution in [2.45, 2.75) is 52.4 Å². The van der Waals surface area contributed by atoms with E-state index in [2.05, 4.69) is 26.6 Å². The lowest BCUT2D eigenvalue weighted by Crippen LogP contribution is -2.34. The number of fused-ring (bicyclic) bond motifs is 1. The van der Waals surface area contributed by atoms with Crippen LogP contribution in [-0.2, 0) is 9.53 Å². The number of Topliss-reactive ketones (excluding diaryl/α,β-unsaturated/α-hetero) is 1. The first-order valence-electron chi connectivity index (χ1n) is 12.4. The van der Waals surface area contributed by atoms with Gasteiger partial charge in [-0.05, 0) is 76.0 Å². The molecule has 0 aliphatic carbocycles. The van der Waals surface area contributed by atoms with Crippen molar-refractivity contribution in [2.24, 2.45) is 0 Å². The molecule has 1 N–H and O–H groups in total. The van der Waals surface area contributed by atoms with Crippen LogP contribution in [0.5, 0.6) is 0 Å². The van der Waals surface area contributed by atoms with Crippen LogP contribution in [0.3, 0.4) is 0 Å². The number of ether oxygens (including phenoxy) is 1. The molecular formula is C28H33N4O3+. The van der Waals surface area contributed by atoms with Crippen LogP contribution in [0.2, 0.25) is 0 Å². The van der Waals surface area contributed by atoms with Crippen molar-refractivity contribution >= 4 is 22.8 Å². The standard InChI is InChI=1S/C28H32N4O3/c1-4-35-26(34)14-19(2)22-15-24-28(30-17-22)27(25(33)18-31-12-6-5-7-13-31)20(3)32(24)23-10-8-21(16-29)9-11-23/h8-11,15,17,19H,4-7,12-14,18H2,1-3H3/p+1/t19-/m1/s1. The van der Waals surface area contributed by atoms with Gasteiger partial charge in [0.05, 0.1) is 31.2 Å². The normalized spacial score (nSPS) is 15.0. The first-order valence-corrected chi connectivity index (χ1v) is 12.4. The molecule has 0 unspecified atom stereocenters. The Morgan fingerprint density at radius 3 is 2.54 bits per heavy atom. The second-order valence-corrected chi connectivity index (χ2v) is 9.32. The van der Waals surface area contributed by atoms with Gasteiger partial charge in [0, 0.05) is 16.9 Å². The molecule has 3 heterocycles. The van der Waals surface area contributed by atoms with Gasteiger partial charge in [-0.15, -0.1) is 0 Å². The maximum atomic E-state index is 13.5. The highest BCUT2D eigenvalue weighted by Gasteiger charge is 2.28. The number of ketones is 1. The zero-order chi connectivity index (χ0) is 24.9. The van der Waals surface area contributed by atoms with Gasteiger partial charge >= 0.3 is 5.97 Å². The van der Waals surface area contributed by atoms with Crippen LogP contribution in [0, 0.1) is 18.3 Å². The molecule has 7 heteroatoms. The Kier molecular flexibility index (Phi) is 7.62. The van der Waals surface area contributed by atoms with Gasteiger partial charge in [0.1, 0.15) is 11.1 Å². The molecule has 0 amide bonds. The summed E-state index contributed by atoms with van der Waals surface area (Å²) in [6.45, 7) is 8.45. The van der Waals surface area contributed by atoms with Crippen LogP contribution >= 0.6 is 0 Å². The third kappa shape index (κ3) is 5.28. The summed E-state index contributed by atoms with van der Waals surface area (Å²) in [4.78, 5) is 31.2. The van der Waals surface area contributed by atoms with E-state index in [1.165, 1.54) is 6.42 Å². The van der Waals surface area contributed by atoms with Crippen molar-refractivity contribution in [2.75, 3.05) is 26.2 Å². The Balaban J connectivity index is 1.78. The average molecular weight is 474 g/mol. The van der Waals surface area contributed by atoms with E-state index in [4.69, 9.17) is 4.74 Å². The molecule has 1 saturated heterocycles. The van der Waals surface area contributed by atoms with Crippen molar-refractivity contribution < 1.29 is 19.3 Å². The van der Waals surface area contributed by atoms with Crippen LogP contribution in [0.15, 0.2) is 36.5 Å². The van der Waals surface area contributed by atoms with Crippen molar-refractivity contribution in [1.82, 2.24) is 9.47 Å². The van der Waals surface area contributed by atoms with E-state index in [0.717, 1.165) is 53.9 Å². The first-order chi connectivity index (χ1) is 16.9. The minimum atomic E-state index is -0.226. The highest BCUT2D eigenvalue weighted by molar-refractivity contribution is 6.08. The molecular weight excluding hydrogens is 440 g/mol. The van der Waals surface area contributed by atoms with Crippen LogP contribution in [-0.4, -0.2) is 47.5 Å². The molecule has 0 radical (unpaired) electrons. The zero-order valence-electron chi connectivity index (χ0n) is 20.8. The summed E-state index contributed by atoms with van der Waals surface area (Å²) in [7, 11) is 0. The molecule has 0 saturated carbocycles. The number of nitrogens with zero attached hydrogens (tertiary/aromatic N) is 3. The van der Waals surface area contributed by atoms with Crippen LogP contribution in [0.4, 0.5) is 0 Å². The topological polar surface area (TPSA) is 89.5 Å². The van der Waals surface area contributed by atoms with E-state index in [1.807, 2.05) is 32.2 Å². The number of aromatic nitrogens is 2. The van der Waals surface area contributed by atoms with Crippen molar-refractivity contribution in [3.05, 3.63) is 58.9 Å². The second-order valence-electron chi connectivity index (χ2n) is 9.32. The molecule has 182 valence electrons. The minimum Gasteiger partial charge on any atom is -0.466 e. The number of esters is 1. The predicted octanol–water partition coefficient (Wildman–Crippen LogP) is 4.35. The quantitative estimate of drug-likeness (QED) is 0.358. The number of likely N-dealkylation sites (tertiary alicyclic amines) is 1. The molecule has 1 aromatic carbocycles. The Hall–Kier alpha value is -3.50. The lowest BCUT2D eigenvalue weighted by atomic mass is 9.99. The number of aromatic amines is 1. The number of rotatable bonds is 8. The van der Waals surface area contributed by atoms with E-state index in [-0.39, 0.29) is 24.1 Å². The predicted molar refractivity (Wildman–Crippen MR) is 134 cm³/mol. The fourth-order valence-corrected chi connectivity index (χ4v) is 4.98. The smallest absolute Gasteiger partial charge is 0.306 e. The van der Waals surface area contributed by atoms with Gasteiger partial charge in [0.2, 0.25) is 5.52 Å². The molecule has 1 fully saturated rings. The maximum absolute atomic E-state index is 13.5. The number of carbonyl (C=O) groups is 2. The average Bonchev–Trinajstić information content (AvgIpc) is 3.15. The third-order valence-electron chi connectivity index (χ3n) is 6.83. The van der Waals surface area contributed by atoms with Gasteiger partial charge in [-0.1, -0.05) is 13.3 Å². The number of benzene rings is 1. The minimum absolute atomic E-state index is 0.0492. The largest absolute Gasteiger partial charge is 0.466 e. The molecule has 3 aromatic rings. The SMILES string of the molecule is CCOC(=O)C[C@@H](C)c1c[nH+]c2c(C(=O)CN3CCCCC3)c(C)n(-c3ccc(C#N)cc3)c2c1. The number of nitriles is 1. The van der Waals surface area contributed by atoms with Crippen LogP contribution in [0.1, 0.15) is 72.6 Å². The fourth-order valence-electron chi connectivity index (χ4n) is 4.98. The lowest BCUT2D eigenvalue weighted by Gasteiger charge is -2.25. The Labute approximate surface area is 206 Å². The first kappa shape index (κ1) is 24.6. The molecule has 4 rings (SSSR count). The van der Waals surface area contributed by atoms with E-state index in [9.17, 15) is 14.9 Å². The highest BCUT2D eigenvalue weighted by atomic mass is 16.5. The van der Waals surface area contributed by atoms with Gasteiger partial charge in [-0.3, -0.25) is 14.5 Å². The third-order valence-corrected chi connectivity index (χ3v) is 6.83. The molecule has 1 aliphatic heterocycles. The van der Waals surface area contributed by atoms with E-state index >= 15 is 0 Å². The number of hydrogen-bond donors (Lipinski definition) is 0. The zero-order valence-corrected chi connectivity index (χ0v) is 20.8. The van der Waals surface area contributed by atoms with E-state index in [0.29, 0.717) is 24.3 Å². The van der Waals surface area contributed by atoms with Gasteiger partial charge in [-0.25, -0.2) is 4.98 Å². The molecule has 35 heavy (non-hydrogen) atoms. The summed E-state index contributed by atoms with van der Waals surface area (Å²) >= 11 is 0. The summed E-state index contributed by atoms with van der Waals surface area (Å²) in [5.41, 5.74) is 5.65. The van der Waals surface area contributed by atoms with Gasteiger partial charge in [0.25, 0.3) is 0 Å². The fraction of sp³-hybridized carbons (Fsp3) is 0.429.